The summed E-state index contributed by atoms with van der Waals surface area (Å²) in [6.07, 6.45) is 2.66. The molecule has 0 saturated heterocycles. The van der Waals surface area contributed by atoms with E-state index >= 15 is 0 Å². The van der Waals surface area contributed by atoms with Crippen LogP contribution in [0, 0.1) is 25.7 Å². The van der Waals surface area contributed by atoms with Gasteiger partial charge in [-0.3, -0.25) is 14.3 Å². The Bertz CT molecular complexity index is 1050. The summed E-state index contributed by atoms with van der Waals surface area (Å²) in [5.41, 5.74) is 2.96. The molecule has 8 heteroatoms. The third-order valence-corrected chi connectivity index (χ3v) is 7.01. The van der Waals surface area contributed by atoms with E-state index in [1.807, 2.05) is 19.9 Å². The zero-order valence-corrected chi connectivity index (χ0v) is 17.8. The van der Waals surface area contributed by atoms with Crippen LogP contribution >= 0.6 is 0 Å². The molecule has 1 saturated carbocycles. The molecule has 2 aromatic rings. The Morgan fingerprint density at radius 1 is 0.900 bits per heavy atom. The Morgan fingerprint density at radius 2 is 1.50 bits per heavy atom. The van der Waals surface area contributed by atoms with Crippen molar-refractivity contribution in [2.75, 3.05) is 10.0 Å². The molecule has 0 radical (unpaired) electrons. The van der Waals surface area contributed by atoms with Gasteiger partial charge in [-0.15, -0.1) is 0 Å². The average Bonchev–Trinajstić information content (AvgIpc) is 2.71. The fourth-order valence-electron chi connectivity index (χ4n) is 3.71. The highest BCUT2D eigenvalue weighted by atomic mass is 32.2. The maximum Gasteiger partial charge on any atom is 0.307 e. The minimum Gasteiger partial charge on any atom is -0.481 e. The highest BCUT2D eigenvalue weighted by Gasteiger charge is 2.35. The fourth-order valence-corrected chi connectivity index (χ4v) is 4.76. The number of anilines is 2. The van der Waals surface area contributed by atoms with Crippen LogP contribution in [-0.4, -0.2) is 25.4 Å². The number of aryl methyl sites for hydroxylation is 2. The maximum atomic E-state index is 12.6. The van der Waals surface area contributed by atoms with Crippen molar-refractivity contribution in [2.24, 2.45) is 11.8 Å². The van der Waals surface area contributed by atoms with Crippen molar-refractivity contribution in [2.45, 2.75) is 44.4 Å². The number of hydrogen-bond donors (Lipinski definition) is 3. The van der Waals surface area contributed by atoms with Crippen molar-refractivity contribution in [3.63, 3.8) is 0 Å². The van der Waals surface area contributed by atoms with Gasteiger partial charge >= 0.3 is 5.97 Å². The lowest BCUT2D eigenvalue weighted by Gasteiger charge is -2.27. The van der Waals surface area contributed by atoms with Gasteiger partial charge in [0.2, 0.25) is 5.91 Å². The van der Waals surface area contributed by atoms with Crippen LogP contribution in [0.5, 0.6) is 0 Å². The van der Waals surface area contributed by atoms with Crippen molar-refractivity contribution < 1.29 is 23.1 Å². The van der Waals surface area contributed by atoms with Crippen molar-refractivity contribution in [3.8, 4) is 0 Å². The Hall–Kier alpha value is -2.87. The molecule has 2 aromatic carbocycles. The molecule has 2 atom stereocenters. The molecule has 1 amide bonds. The minimum absolute atomic E-state index is 0.0693. The van der Waals surface area contributed by atoms with Crippen LogP contribution in [-0.2, 0) is 19.6 Å². The van der Waals surface area contributed by atoms with E-state index in [0.717, 1.165) is 24.0 Å². The van der Waals surface area contributed by atoms with E-state index in [1.54, 1.807) is 12.1 Å². The van der Waals surface area contributed by atoms with Crippen LogP contribution in [0.15, 0.2) is 47.4 Å². The van der Waals surface area contributed by atoms with Gasteiger partial charge in [-0.25, -0.2) is 8.42 Å². The Labute approximate surface area is 176 Å². The second kappa shape index (κ2) is 8.87. The number of carboxylic acids is 1. The molecule has 0 aromatic heterocycles. The molecule has 0 heterocycles. The number of carboxylic acid groups (broad SMARTS) is 1. The van der Waals surface area contributed by atoms with E-state index < -0.39 is 27.8 Å². The van der Waals surface area contributed by atoms with Crippen LogP contribution in [0.25, 0.3) is 0 Å². The van der Waals surface area contributed by atoms with E-state index in [1.165, 1.54) is 24.3 Å². The summed E-state index contributed by atoms with van der Waals surface area (Å²) >= 11 is 0. The van der Waals surface area contributed by atoms with Gasteiger partial charge in [-0.1, -0.05) is 18.9 Å². The first kappa shape index (κ1) is 21.8. The first-order chi connectivity index (χ1) is 14.2. The Morgan fingerprint density at radius 3 is 2.10 bits per heavy atom. The summed E-state index contributed by atoms with van der Waals surface area (Å²) in [5, 5.41) is 12.1. The number of carbonyl (C=O) groups is 2. The van der Waals surface area contributed by atoms with Crippen LogP contribution < -0.4 is 10.0 Å². The van der Waals surface area contributed by atoms with Crippen molar-refractivity contribution >= 4 is 33.3 Å². The molecule has 1 fully saturated rings. The smallest absolute Gasteiger partial charge is 0.307 e. The summed E-state index contributed by atoms with van der Waals surface area (Å²) in [5.74, 6) is -2.55. The van der Waals surface area contributed by atoms with E-state index in [4.69, 9.17) is 0 Å². The van der Waals surface area contributed by atoms with Crippen molar-refractivity contribution in [1.82, 2.24) is 0 Å². The summed E-state index contributed by atoms with van der Waals surface area (Å²) in [7, 11) is -3.77. The predicted octanol–water partition coefficient (Wildman–Crippen LogP) is 3.93. The van der Waals surface area contributed by atoms with E-state index in [0.29, 0.717) is 24.2 Å². The number of hydrogen-bond acceptors (Lipinski definition) is 4. The number of nitrogens with one attached hydrogen (secondary N) is 2. The second-order valence-corrected chi connectivity index (χ2v) is 9.44. The lowest BCUT2D eigenvalue weighted by atomic mass is 9.78. The van der Waals surface area contributed by atoms with Crippen LogP contribution in [0.4, 0.5) is 11.4 Å². The van der Waals surface area contributed by atoms with Gasteiger partial charge in [-0.05, 0) is 74.2 Å². The Kier molecular flexibility index (Phi) is 6.45. The fraction of sp³-hybridized carbons (Fsp3) is 0.364. The first-order valence-electron chi connectivity index (χ1n) is 9.91. The molecule has 1 aliphatic carbocycles. The first-order valence-corrected chi connectivity index (χ1v) is 11.4. The number of carbonyl (C=O) groups excluding carboxylic acids is 1. The highest BCUT2D eigenvalue weighted by Crippen LogP contribution is 2.31. The molecule has 0 bridgehead atoms. The molecule has 30 heavy (non-hydrogen) atoms. The zero-order chi connectivity index (χ0) is 21.9. The summed E-state index contributed by atoms with van der Waals surface area (Å²) in [4.78, 5) is 24.0. The number of aliphatic carboxylic acids is 1. The number of benzene rings is 2. The van der Waals surface area contributed by atoms with Crippen molar-refractivity contribution in [3.05, 3.63) is 53.6 Å². The molecule has 3 rings (SSSR count). The third-order valence-electron chi connectivity index (χ3n) is 5.61. The van der Waals surface area contributed by atoms with Gasteiger partial charge in [0.1, 0.15) is 0 Å². The lowest BCUT2D eigenvalue weighted by molar-refractivity contribution is -0.147. The van der Waals surface area contributed by atoms with Crippen LogP contribution in [0.1, 0.15) is 36.8 Å². The molecular weight excluding hydrogens is 404 g/mol. The van der Waals surface area contributed by atoms with Gasteiger partial charge < -0.3 is 10.4 Å². The average molecular weight is 431 g/mol. The van der Waals surface area contributed by atoms with Gasteiger partial charge in [0.15, 0.2) is 0 Å². The molecule has 160 valence electrons. The summed E-state index contributed by atoms with van der Waals surface area (Å²) in [6.45, 7) is 3.86. The predicted molar refractivity (Wildman–Crippen MR) is 115 cm³/mol. The molecule has 0 spiro atoms. The minimum atomic E-state index is -3.77. The molecular formula is C22H26N2O5S. The SMILES string of the molecule is Cc1ccc(NS(=O)(=O)c2ccc(NC(=O)C3CCCCC3C(=O)O)cc2)cc1C. The van der Waals surface area contributed by atoms with Gasteiger partial charge in [0, 0.05) is 11.4 Å². The summed E-state index contributed by atoms with van der Waals surface area (Å²) in [6, 6.07) is 11.2. The highest BCUT2D eigenvalue weighted by molar-refractivity contribution is 7.92. The second-order valence-electron chi connectivity index (χ2n) is 7.75. The molecule has 7 nitrogen and oxygen atoms in total. The van der Waals surface area contributed by atoms with Gasteiger partial charge in [-0.2, -0.15) is 0 Å². The van der Waals surface area contributed by atoms with E-state index in [2.05, 4.69) is 10.0 Å². The molecule has 3 N–H and O–H groups in total. The summed E-state index contributed by atoms with van der Waals surface area (Å²) < 4.78 is 27.8. The number of sulfonamides is 1. The monoisotopic (exact) mass is 430 g/mol. The normalized spacial score (nSPS) is 19.1. The quantitative estimate of drug-likeness (QED) is 0.643. The maximum absolute atomic E-state index is 12.6. The standard InChI is InChI=1S/C22H26N2O5S/c1-14-7-8-17(13-15(14)2)24-30(28,29)18-11-9-16(10-12-18)23-21(25)19-5-3-4-6-20(19)22(26)27/h7-13,19-20,24H,3-6H2,1-2H3,(H,23,25)(H,26,27). The number of amides is 1. The van der Waals surface area contributed by atoms with E-state index in [-0.39, 0.29) is 10.8 Å². The van der Waals surface area contributed by atoms with Gasteiger partial charge in [0.25, 0.3) is 10.0 Å². The largest absolute Gasteiger partial charge is 0.481 e. The number of rotatable bonds is 6. The Balaban J connectivity index is 1.70. The zero-order valence-electron chi connectivity index (χ0n) is 17.0. The van der Waals surface area contributed by atoms with Gasteiger partial charge in [0.05, 0.1) is 16.7 Å². The lowest BCUT2D eigenvalue weighted by Crippen LogP contribution is -2.36. The topological polar surface area (TPSA) is 113 Å². The van der Waals surface area contributed by atoms with Crippen molar-refractivity contribution in [1.29, 1.82) is 0 Å². The molecule has 1 aliphatic rings. The van der Waals surface area contributed by atoms with Crippen LogP contribution in [0.2, 0.25) is 0 Å². The third kappa shape index (κ3) is 4.99. The molecule has 0 aliphatic heterocycles. The van der Waals surface area contributed by atoms with Crippen LogP contribution in [0.3, 0.4) is 0 Å². The van der Waals surface area contributed by atoms with E-state index in [9.17, 15) is 23.1 Å². The molecule has 2 unspecified atom stereocenters.